The highest BCUT2D eigenvalue weighted by atomic mass is 31.2. The topological polar surface area (TPSA) is 204 Å². The van der Waals surface area contributed by atoms with E-state index in [0.29, 0.717) is 12.1 Å². The van der Waals surface area contributed by atoms with E-state index in [1.54, 1.807) is 6.07 Å². The second-order valence-corrected chi connectivity index (χ2v) is 17.4. The molecule has 0 spiro atoms. The van der Waals surface area contributed by atoms with Gasteiger partial charge in [-0.2, -0.15) is 10.4 Å². The van der Waals surface area contributed by atoms with Crippen LogP contribution in [0.3, 0.4) is 0 Å². The summed E-state index contributed by atoms with van der Waals surface area (Å²) in [6.07, 6.45) is 19.7. The highest BCUT2D eigenvalue weighted by Crippen LogP contribution is 2.46. The monoisotopic (exact) mass is 827 g/mol. The number of nitrogens with two attached hydrogens (primary N) is 1. The SMILES string of the molecule is CCCCCCCCCCCCCCCCCCOC[C@H](COP(=O)(O)OC[C@H]1OC(C#N)(c2ccc3c(N)ncnn23)[C@H](O)[C@@H]1O)OCc1ccc2c(c1)CCC2. The molecule has 15 heteroatoms. The zero-order valence-corrected chi connectivity index (χ0v) is 35.2. The minimum absolute atomic E-state index is 0.0968. The molecule has 1 aliphatic heterocycles. The molecule has 5 rings (SSSR count). The van der Waals surface area contributed by atoms with Crippen LogP contribution in [0.1, 0.15) is 138 Å². The van der Waals surface area contributed by atoms with Crippen LogP contribution in [0.25, 0.3) is 5.52 Å². The van der Waals surface area contributed by atoms with E-state index in [9.17, 15) is 24.9 Å². The molecule has 0 bridgehead atoms. The number of nitrogens with zero attached hydrogens (tertiary/aromatic N) is 4. The van der Waals surface area contributed by atoms with Gasteiger partial charge in [0.05, 0.1) is 32.1 Å². The molecule has 1 aliphatic carbocycles. The van der Waals surface area contributed by atoms with Gasteiger partial charge in [-0.15, -0.1) is 0 Å². The molecule has 1 aromatic carbocycles. The molecule has 3 aromatic rings. The number of phosphoric acid groups is 1. The lowest BCUT2D eigenvalue weighted by Crippen LogP contribution is -2.41. The maximum absolute atomic E-state index is 13.1. The summed E-state index contributed by atoms with van der Waals surface area (Å²) < 4.78 is 43.0. The summed E-state index contributed by atoms with van der Waals surface area (Å²) in [7, 11) is -4.72. The molecule has 1 fully saturated rings. The molecule has 2 aromatic heterocycles. The van der Waals surface area contributed by atoms with Gasteiger partial charge in [0.2, 0.25) is 5.60 Å². The first-order valence-corrected chi connectivity index (χ1v) is 23.1. The second kappa shape index (κ2) is 23.7. The van der Waals surface area contributed by atoms with E-state index in [-0.39, 0.29) is 31.3 Å². The number of nitrogen functional groups attached to an aromatic ring is 1. The average molecular weight is 828 g/mol. The quantitative estimate of drug-likeness (QED) is 0.0393. The van der Waals surface area contributed by atoms with Crippen molar-refractivity contribution in [2.45, 2.75) is 166 Å². The summed E-state index contributed by atoms with van der Waals surface area (Å²) in [5.41, 5.74) is 8.00. The normalized spacial score (nSPS) is 21.9. The van der Waals surface area contributed by atoms with Crippen LogP contribution in [-0.2, 0) is 52.9 Å². The van der Waals surface area contributed by atoms with Gasteiger partial charge < -0.3 is 35.1 Å². The Bertz CT molecular complexity index is 1770. The van der Waals surface area contributed by atoms with Gasteiger partial charge in [-0.05, 0) is 54.5 Å². The Morgan fingerprint density at radius 3 is 2.26 bits per heavy atom. The number of aryl methyl sites for hydroxylation is 2. The molecule has 0 radical (unpaired) electrons. The molecule has 0 amide bonds. The van der Waals surface area contributed by atoms with Gasteiger partial charge in [-0.3, -0.25) is 9.05 Å². The van der Waals surface area contributed by atoms with E-state index in [2.05, 4.69) is 29.1 Å². The van der Waals surface area contributed by atoms with E-state index in [0.717, 1.165) is 37.7 Å². The first-order valence-electron chi connectivity index (χ1n) is 21.6. The lowest BCUT2D eigenvalue weighted by atomic mass is 9.92. The fraction of sp³-hybridized carbons (Fsp3) is 0.698. The lowest BCUT2D eigenvalue weighted by Gasteiger charge is -2.24. The van der Waals surface area contributed by atoms with Gasteiger partial charge >= 0.3 is 7.82 Å². The number of nitriles is 1. The molecule has 1 saturated heterocycles. The number of phosphoric ester groups is 1. The third-order valence-corrected chi connectivity index (χ3v) is 12.4. The predicted molar refractivity (Wildman–Crippen MR) is 221 cm³/mol. The summed E-state index contributed by atoms with van der Waals surface area (Å²) in [5.74, 6) is 0.140. The third-order valence-electron chi connectivity index (χ3n) is 11.4. The molecule has 322 valence electrons. The van der Waals surface area contributed by atoms with E-state index < -0.39 is 44.4 Å². The van der Waals surface area contributed by atoms with Crippen molar-refractivity contribution in [1.29, 1.82) is 5.26 Å². The Morgan fingerprint density at radius 1 is 0.931 bits per heavy atom. The number of aliphatic hydroxyl groups is 2. The first-order chi connectivity index (χ1) is 28.2. The molecule has 0 saturated carbocycles. The van der Waals surface area contributed by atoms with E-state index in [4.69, 9.17) is 29.0 Å². The predicted octanol–water partition coefficient (Wildman–Crippen LogP) is 7.64. The number of benzene rings is 1. The maximum Gasteiger partial charge on any atom is 0.472 e. The van der Waals surface area contributed by atoms with Crippen molar-refractivity contribution in [3.8, 4) is 6.07 Å². The number of fused-ring (bicyclic) bond motifs is 2. The zero-order chi connectivity index (χ0) is 41.2. The minimum atomic E-state index is -4.72. The van der Waals surface area contributed by atoms with Gasteiger partial charge in [0.25, 0.3) is 0 Å². The number of hydrogen-bond donors (Lipinski definition) is 4. The van der Waals surface area contributed by atoms with Crippen LogP contribution < -0.4 is 5.73 Å². The number of aliphatic hydroxyl groups excluding tert-OH is 2. The van der Waals surface area contributed by atoms with Crippen LogP contribution in [-0.4, -0.2) is 80.5 Å². The van der Waals surface area contributed by atoms with E-state index in [1.807, 2.05) is 12.1 Å². The molecular weight excluding hydrogens is 761 g/mol. The number of aromatic nitrogens is 3. The summed E-state index contributed by atoms with van der Waals surface area (Å²) in [5, 5.41) is 36.1. The van der Waals surface area contributed by atoms with Crippen LogP contribution >= 0.6 is 7.82 Å². The van der Waals surface area contributed by atoms with Crippen molar-refractivity contribution < 1.29 is 42.9 Å². The second-order valence-electron chi connectivity index (χ2n) is 15.9. The number of anilines is 1. The molecule has 6 atom stereocenters. The van der Waals surface area contributed by atoms with Gasteiger partial charge in [-0.25, -0.2) is 14.1 Å². The maximum atomic E-state index is 13.1. The zero-order valence-electron chi connectivity index (χ0n) is 34.3. The van der Waals surface area contributed by atoms with E-state index >= 15 is 0 Å². The third kappa shape index (κ3) is 13.3. The van der Waals surface area contributed by atoms with Crippen LogP contribution in [0.15, 0.2) is 36.7 Å². The highest BCUT2D eigenvalue weighted by molar-refractivity contribution is 7.47. The van der Waals surface area contributed by atoms with Gasteiger partial charge in [0.15, 0.2) is 5.82 Å². The van der Waals surface area contributed by atoms with Crippen LogP contribution in [0, 0.1) is 11.3 Å². The Labute approximate surface area is 344 Å². The van der Waals surface area contributed by atoms with Crippen LogP contribution in [0.5, 0.6) is 0 Å². The number of rotatable bonds is 29. The van der Waals surface area contributed by atoms with Gasteiger partial charge in [0.1, 0.15) is 42.3 Å². The molecule has 2 unspecified atom stereocenters. The summed E-state index contributed by atoms with van der Waals surface area (Å²) in [6.45, 7) is 2.28. The summed E-state index contributed by atoms with van der Waals surface area (Å²) >= 11 is 0. The Balaban J connectivity index is 1.03. The molecular formula is C43H66N5O9P. The minimum Gasteiger partial charge on any atom is -0.387 e. The number of ether oxygens (including phenoxy) is 3. The fourth-order valence-corrected chi connectivity index (χ4v) is 8.74. The Hall–Kier alpha value is -2.96. The van der Waals surface area contributed by atoms with Crippen molar-refractivity contribution >= 4 is 19.2 Å². The molecule has 58 heavy (non-hydrogen) atoms. The van der Waals surface area contributed by atoms with Crippen molar-refractivity contribution in [1.82, 2.24) is 14.6 Å². The van der Waals surface area contributed by atoms with E-state index in [1.165, 1.54) is 118 Å². The number of unbranched alkanes of at least 4 members (excludes halogenated alkanes) is 15. The smallest absolute Gasteiger partial charge is 0.387 e. The van der Waals surface area contributed by atoms with Crippen molar-refractivity contribution in [2.75, 3.05) is 32.2 Å². The molecule has 3 heterocycles. The summed E-state index contributed by atoms with van der Waals surface area (Å²) in [6, 6.07) is 11.3. The molecule has 2 aliphatic rings. The van der Waals surface area contributed by atoms with Crippen LogP contribution in [0.2, 0.25) is 0 Å². The largest absolute Gasteiger partial charge is 0.472 e. The Kier molecular flexibility index (Phi) is 18.9. The molecule has 5 N–H and O–H groups in total. The van der Waals surface area contributed by atoms with Crippen molar-refractivity contribution in [3.05, 3.63) is 59.0 Å². The average Bonchev–Trinajstić information content (AvgIpc) is 3.94. The summed E-state index contributed by atoms with van der Waals surface area (Å²) in [4.78, 5) is 14.6. The number of hydrogen-bond acceptors (Lipinski definition) is 12. The lowest BCUT2D eigenvalue weighted by molar-refractivity contribution is -0.0690. The first kappa shape index (κ1) is 46.1. The van der Waals surface area contributed by atoms with Gasteiger partial charge in [0, 0.05) is 6.61 Å². The standard InChI is InChI=1S/C43H66N5O9P/c1-2-3-4-5-6-7-8-9-10-11-12-13-14-15-16-17-25-53-28-36(54-27-33-21-22-34-19-18-20-35(34)26-33)29-55-58(51,52)56-30-38-40(49)41(50)43(31-44,57-38)39-24-23-37-42(45)46-32-47-48(37)39/h21-24,26,32,36,38,40-41,49-50H,2-20,25,27-30H2,1H3,(H,51,52)(H2,45,46,47)/t36-,38-,40-,41-,43?/m1/s1. The fourth-order valence-electron chi connectivity index (χ4n) is 7.97. The van der Waals surface area contributed by atoms with Gasteiger partial charge in [-0.1, -0.05) is 121 Å². The highest BCUT2D eigenvalue weighted by Gasteiger charge is 2.58. The van der Waals surface area contributed by atoms with Crippen molar-refractivity contribution in [3.63, 3.8) is 0 Å². The van der Waals surface area contributed by atoms with Crippen molar-refractivity contribution in [2.24, 2.45) is 0 Å². The molecule has 14 nitrogen and oxygen atoms in total. The Morgan fingerprint density at radius 2 is 1.59 bits per heavy atom. The van der Waals surface area contributed by atoms with Crippen LogP contribution in [0.4, 0.5) is 5.82 Å².